The highest BCUT2D eigenvalue weighted by molar-refractivity contribution is 7.15. The quantitative estimate of drug-likeness (QED) is 0.710. The van der Waals surface area contributed by atoms with Gasteiger partial charge in [0.2, 0.25) is 5.13 Å². The SMILES string of the molecule is CCCOCc1nnc(NC)s1. The molecule has 0 bridgehead atoms. The molecule has 0 fully saturated rings. The molecule has 1 aromatic heterocycles. The predicted molar refractivity (Wildman–Crippen MR) is 49.4 cm³/mol. The molecule has 0 aliphatic heterocycles. The second-order valence-corrected chi connectivity index (χ2v) is 3.37. The molecule has 0 amide bonds. The Hall–Kier alpha value is -0.680. The van der Waals surface area contributed by atoms with Gasteiger partial charge in [-0.25, -0.2) is 0 Å². The number of hydrogen-bond acceptors (Lipinski definition) is 5. The maximum atomic E-state index is 5.31. The number of aromatic nitrogens is 2. The minimum absolute atomic E-state index is 0.577. The molecule has 0 aliphatic rings. The van der Waals surface area contributed by atoms with Crippen LogP contribution < -0.4 is 5.32 Å². The normalized spacial score (nSPS) is 10.2. The van der Waals surface area contributed by atoms with E-state index in [2.05, 4.69) is 22.4 Å². The van der Waals surface area contributed by atoms with E-state index in [0.29, 0.717) is 6.61 Å². The first-order valence-corrected chi connectivity index (χ1v) is 4.76. The summed E-state index contributed by atoms with van der Waals surface area (Å²) in [7, 11) is 1.83. The lowest BCUT2D eigenvalue weighted by Gasteiger charge is -1.95. The number of ether oxygens (including phenoxy) is 1. The summed E-state index contributed by atoms with van der Waals surface area (Å²) in [6, 6.07) is 0. The Morgan fingerprint density at radius 2 is 2.33 bits per heavy atom. The van der Waals surface area contributed by atoms with Crippen molar-refractivity contribution in [2.45, 2.75) is 20.0 Å². The van der Waals surface area contributed by atoms with Gasteiger partial charge in [0.05, 0.1) is 0 Å². The Labute approximate surface area is 76.0 Å². The lowest BCUT2D eigenvalue weighted by Crippen LogP contribution is -1.92. The smallest absolute Gasteiger partial charge is 0.205 e. The fourth-order valence-corrected chi connectivity index (χ4v) is 1.35. The van der Waals surface area contributed by atoms with E-state index < -0.39 is 0 Å². The van der Waals surface area contributed by atoms with Gasteiger partial charge in [-0.2, -0.15) is 0 Å². The van der Waals surface area contributed by atoms with Crippen molar-refractivity contribution in [3.63, 3.8) is 0 Å². The summed E-state index contributed by atoms with van der Waals surface area (Å²) < 4.78 is 5.31. The monoisotopic (exact) mass is 187 g/mol. The van der Waals surface area contributed by atoms with Crippen LogP contribution in [-0.2, 0) is 11.3 Å². The Balaban J connectivity index is 2.31. The molecule has 1 aromatic rings. The molecule has 68 valence electrons. The van der Waals surface area contributed by atoms with Gasteiger partial charge in [0.15, 0.2) is 0 Å². The van der Waals surface area contributed by atoms with Crippen LogP contribution in [0.3, 0.4) is 0 Å². The molecular weight excluding hydrogens is 174 g/mol. The van der Waals surface area contributed by atoms with E-state index in [1.807, 2.05) is 7.05 Å². The summed E-state index contributed by atoms with van der Waals surface area (Å²) in [6.07, 6.45) is 1.04. The zero-order valence-electron chi connectivity index (χ0n) is 7.33. The van der Waals surface area contributed by atoms with E-state index in [9.17, 15) is 0 Å². The molecule has 1 rings (SSSR count). The van der Waals surface area contributed by atoms with Gasteiger partial charge in [-0.1, -0.05) is 18.3 Å². The zero-order chi connectivity index (χ0) is 8.81. The van der Waals surface area contributed by atoms with Gasteiger partial charge in [-0.05, 0) is 6.42 Å². The Bertz CT molecular complexity index is 226. The van der Waals surface area contributed by atoms with Gasteiger partial charge in [0, 0.05) is 13.7 Å². The Morgan fingerprint density at radius 1 is 1.50 bits per heavy atom. The molecule has 12 heavy (non-hydrogen) atoms. The maximum Gasteiger partial charge on any atom is 0.205 e. The first kappa shape index (κ1) is 9.41. The average molecular weight is 187 g/mol. The Morgan fingerprint density at radius 3 is 2.92 bits per heavy atom. The topological polar surface area (TPSA) is 47.0 Å². The van der Waals surface area contributed by atoms with Gasteiger partial charge in [-0.15, -0.1) is 10.2 Å². The van der Waals surface area contributed by atoms with E-state index in [1.165, 1.54) is 11.3 Å². The van der Waals surface area contributed by atoms with E-state index in [-0.39, 0.29) is 0 Å². The van der Waals surface area contributed by atoms with Crippen LogP contribution in [0.25, 0.3) is 0 Å². The van der Waals surface area contributed by atoms with Crippen molar-refractivity contribution in [3.05, 3.63) is 5.01 Å². The molecule has 0 aromatic carbocycles. The molecule has 1 heterocycles. The van der Waals surface area contributed by atoms with Crippen molar-refractivity contribution in [3.8, 4) is 0 Å². The van der Waals surface area contributed by atoms with Crippen LogP contribution in [0, 0.1) is 0 Å². The first-order valence-electron chi connectivity index (χ1n) is 3.94. The molecular formula is C7H13N3OS. The molecule has 0 saturated carbocycles. The largest absolute Gasteiger partial charge is 0.374 e. The predicted octanol–water partition coefficient (Wildman–Crippen LogP) is 1.51. The molecule has 5 heteroatoms. The first-order chi connectivity index (χ1) is 5.86. The minimum atomic E-state index is 0.577. The van der Waals surface area contributed by atoms with E-state index >= 15 is 0 Å². The fourth-order valence-electron chi connectivity index (χ4n) is 0.717. The van der Waals surface area contributed by atoms with Gasteiger partial charge in [-0.3, -0.25) is 0 Å². The number of rotatable bonds is 5. The van der Waals surface area contributed by atoms with Gasteiger partial charge < -0.3 is 10.1 Å². The molecule has 1 N–H and O–H groups in total. The molecule has 0 saturated heterocycles. The minimum Gasteiger partial charge on any atom is -0.374 e. The van der Waals surface area contributed by atoms with E-state index in [1.54, 1.807) is 0 Å². The highest BCUT2D eigenvalue weighted by Crippen LogP contribution is 2.14. The summed E-state index contributed by atoms with van der Waals surface area (Å²) in [5.41, 5.74) is 0. The molecule has 0 unspecified atom stereocenters. The van der Waals surface area contributed by atoms with Crippen LogP contribution in [0.2, 0.25) is 0 Å². The van der Waals surface area contributed by atoms with Gasteiger partial charge in [0.25, 0.3) is 0 Å². The fraction of sp³-hybridized carbons (Fsp3) is 0.714. The summed E-state index contributed by atoms with van der Waals surface area (Å²) in [4.78, 5) is 0. The van der Waals surface area contributed by atoms with Crippen molar-refractivity contribution in [2.75, 3.05) is 19.0 Å². The molecule has 0 aliphatic carbocycles. The van der Waals surface area contributed by atoms with Crippen LogP contribution in [0.4, 0.5) is 5.13 Å². The summed E-state index contributed by atoms with van der Waals surface area (Å²) >= 11 is 1.52. The van der Waals surface area contributed by atoms with Crippen molar-refractivity contribution in [2.24, 2.45) is 0 Å². The van der Waals surface area contributed by atoms with Crippen molar-refractivity contribution in [1.29, 1.82) is 0 Å². The summed E-state index contributed by atoms with van der Waals surface area (Å²) in [6.45, 7) is 3.45. The number of anilines is 1. The standard InChI is InChI=1S/C7H13N3OS/c1-3-4-11-5-6-9-10-7(8-2)12-6/h3-5H2,1-2H3,(H,8,10). The highest BCUT2D eigenvalue weighted by atomic mass is 32.1. The van der Waals surface area contributed by atoms with Gasteiger partial charge >= 0.3 is 0 Å². The van der Waals surface area contributed by atoms with E-state index in [0.717, 1.165) is 23.2 Å². The molecule has 0 spiro atoms. The third-order valence-corrected chi connectivity index (χ3v) is 2.17. The lowest BCUT2D eigenvalue weighted by atomic mass is 10.5. The highest BCUT2D eigenvalue weighted by Gasteiger charge is 2.00. The maximum absolute atomic E-state index is 5.31. The third kappa shape index (κ3) is 2.75. The number of nitrogens with zero attached hydrogens (tertiary/aromatic N) is 2. The van der Waals surface area contributed by atoms with E-state index in [4.69, 9.17) is 4.74 Å². The molecule has 0 atom stereocenters. The molecule has 0 radical (unpaired) electrons. The lowest BCUT2D eigenvalue weighted by molar-refractivity contribution is 0.121. The second kappa shape index (κ2) is 5.05. The third-order valence-electron chi connectivity index (χ3n) is 1.25. The zero-order valence-corrected chi connectivity index (χ0v) is 8.15. The number of hydrogen-bond donors (Lipinski definition) is 1. The number of nitrogens with one attached hydrogen (secondary N) is 1. The second-order valence-electron chi connectivity index (χ2n) is 2.30. The molecule has 4 nitrogen and oxygen atoms in total. The van der Waals surface area contributed by atoms with Crippen LogP contribution in [0.15, 0.2) is 0 Å². The van der Waals surface area contributed by atoms with Crippen LogP contribution in [-0.4, -0.2) is 23.9 Å². The van der Waals surface area contributed by atoms with Crippen molar-refractivity contribution >= 4 is 16.5 Å². The van der Waals surface area contributed by atoms with Gasteiger partial charge in [0.1, 0.15) is 11.6 Å². The summed E-state index contributed by atoms with van der Waals surface area (Å²) in [5, 5.41) is 12.5. The Kier molecular flexibility index (Phi) is 3.96. The van der Waals surface area contributed by atoms with Crippen LogP contribution >= 0.6 is 11.3 Å². The van der Waals surface area contributed by atoms with Crippen molar-refractivity contribution < 1.29 is 4.74 Å². The van der Waals surface area contributed by atoms with Crippen LogP contribution in [0.5, 0.6) is 0 Å². The average Bonchev–Trinajstić information content (AvgIpc) is 2.53. The summed E-state index contributed by atoms with van der Waals surface area (Å²) in [5.74, 6) is 0. The van der Waals surface area contributed by atoms with Crippen molar-refractivity contribution in [1.82, 2.24) is 10.2 Å². The van der Waals surface area contributed by atoms with Crippen LogP contribution in [0.1, 0.15) is 18.4 Å².